The first-order valence-corrected chi connectivity index (χ1v) is 12.5. The number of aryl methyl sites for hydroxylation is 3. The van der Waals surface area contributed by atoms with Crippen LogP contribution in [0.2, 0.25) is 0 Å². The van der Waals surface area contributed by atoms with Gasteiger partial charge in [-0.15, -0.1) is 10.2 Å². The van der Waals surface area contributed by atoms with Crippen molar-refractivity contribution in [1.29, 1.82) is 0 Å². The van der Waals surface area contributed by atoms with E-state index < -0.39 is 0 Å². The highest BCUT2D eigenvalue weighted by Gasteiger charge is 2.17. The number of fused-ring (bicyclic) bond motifs is 2. The molecule has 5 rings (SSSR count). The lowest BCUT2D eigenvalue weighted by Gasteiger charge is -2.12. The summed E-state index contributed by atoms with van der Waals surface area (Å²) in [5.74, 6) is 2.19. The van der Waals surface area contributed by atoms with E-state index in [-0.39, 0.29) is 5.91 Å². The molecule has 0 radical (unpaired) electrons. The van der Waals surface area contributed by atoms with Crippen LogP contribution in [0.25, 0.3) is 22.4 Å². The zero-order valence-corrected chi connectivity index (χ0v) is 19.9. The normalized spacial score (nSPS) is 13.6. The number of benzene rings is 2. The van der Waals surface area contributed by atoms with Gasteiger partial charge in [-0.1, -0.05) is 42.4 Å². The van der Waals surface area contributed by atoms with Gasteiger partial charge in [-0.2, -0.15) is 0 Å². The molecule has 0 unspecified atom stereocenters. The topological polar surface area (TPSA) is 77.6 Å². The van der Waals surface area contributed by atoms with Crippen LogP contribution in [0.1, 0.15) is 37.6 Å². The lowest BCUT2D eigenvalue weighted by molar-refractivity contribution is -0.113. The number of carbonyl (C=O) groups excluding carboxylic acids is 1. The number of amides is 1. The highest BCUT2D eigenvalue weighted by atomic mass is 32.2. The first-order chi connectivity index (χ1) is 16.1. The number of aromatic nitrogens is 5. The maximum atomic E-state index is 12.8. The Labute approximate surface area is 197 Å². The van der Waals surface area contributed by atoms with Crippen molar-refractivity contribution in [2.45, 2.75) is 57.8 Å². The third-order valence-electron chi connectivity index (χ3n) is 6.15. The van der Waals surface area contributed by atoms with Crippen molar-refractivity contribution < 1.29 is 4.79 Å². The molecule has 1 aliphatic rings. The number of hydrogen-bond acceptors (Lipinski definition) is 5. The van der Waals surface area contributed by atoms with Gasteiger partial charge in [0.1, 0.15) is 5.82 Å². The molecule has 2 aromatic heterocycles. The second kappa shape index (κ2) is 9.39. The molecule has 170 valence electrons. The SMILES string of the molecule is CCn1c(SCC(=O)Nc2cc(-c3nnc4n3CCCCC4)ccc2C)nc2ccccc21. The minimum absolute atomic E-state index is 0.0463. The van der Waals surface area contributed by atoms with E-state index in [1.165, 1.54) is 18.2 Å². The molecule has 0 aliphatic carbocycles. The van der Waals surface area contributed by atoms with Gasteiger partial charge in [-0.3, -0.25) is 4.79 Å². The smallest absolute Gasteiger partial charge is 0.234 e. The second-order valence-electron chi connectivity index (χ2n) is 8.40. The maximum absolute atomic E-state index is 12.8. The number of anilines is 1. The summed E-state index contributed by atoms with van der Waals surface area (Å²) in [4.78, 5) is 17.5. The van der Waals surface area contributed by atoms with Crippen molar-refractivity contribution in [2.24, 2.45) is 0 Å². The van der Waals surface area contributed by atoms with Crippen LogP contribution in [-0.2, 0) is 24.3 Å². The summed E-state index contributed by atoms with van der Waals surface area (Å²) >= 11 is 1.47. The van der Waals surface area contributed by atoms with Gasteiger partial charge in [0.25, 0.3) is 0 Å². The van der Waals surface area contributed by atoms with Crippen LogP contribution in [0.15, 0.2) is 47.6 Å². The molecule has 33 heavy (non-hydrogen) atoms. The van der Waals surface area contributed by atoms with Gasteiger partial charge in [-0.05, 0) is 50.5 Å². The molecule has 3 heterocycles. The predicted molar refractivity (Wildman–Crippen MR) is 133 cm³/mol. The molecule has 1 aliphatic heterocycles. The van der Waals surface area contributed by atoms with Crippen LogP contribution < -0.4 is 5.32 Å². The lowest BCUT2D eigenvalue weighted by Crippen LogP contribution is -2.15. The summed E-state index contributed by atoms with van der Waals surface area (Å²) in [6.45, 7) is 5.86. The molecular weight excluding hydrogens is 432 g/mol. The Hall–Kier alpha value is -3.13. The van der Waals surface area contributed by atoms with Crippen LogP contribution in [0.3, 0.4) is 0 Å². The molecule has 0 saturated heterocycles. The summed E-state index contributed by atoms with van der Waals surface area (Å²) < 4.78 is 4.38. The average molecular weight is 461 g/mol. The summed E-state index contributed by atoms with van der Waals surface area (Å²) in [6.07, 6.45) is 4.51. The van der Waals surface area contributed by atoms with Crippen LogP contribution in [0.4, 0.5) is 5.69 Å². The van der Waals surface area contributed by atoms with Crippen LogP contribution in [-0.4, -0.2) is 36.0 Å². The molecule has 0 spiro atoms. The van der Waals surface area contributed by atoms with E-state index in [1.807, 2.05) is 37.3 Å². The monoisotopic (exact) mass is 460 g/mol. The first-order valence-electron chi connectivity index (χ1n) is 11.5. The van der Waals surface area contributed by atoms with Crippen molar-refractivity contribution in [1.82, 2.24) is 24.3 Å². The highest BCUT2D eigenvalue weighted by molar-refractivity contribution is 7.99. The molecule has 8 heteroatoms. The van der Waals surface area contributed by atoms with Crippen molar-refractivity contribution in [3.05, 3.63) is 53.9 Å². The van der Waals surface area contributed by atoms with E-state index >= 15 is 0 Å². The number of para-hydroxylation sites is 2. The Morgan fingerprint density at radius 1 is 1.12 bits per heavy atom. The molecule has 1 amide bonds. The average Bonchev–Trinajstić information content (AvgIpc) is 3.31. The van der Waals surface area contributed by atoms with Crippen molar-refractivity contribution >= 4 is 34.4 Å². The van der Waals surface area contributed by atoms with Gasteiger partial charge < -0.3 is 14.5 Å². The van der Waals surface area contributed by atoms with Gasteiger partial charge in [0, 0.05) is 30.8 Å². The van der Waals surface area contributed by atoms with Gasteiger partial charge >= 0.3 is 0 Å². The fraction of sp³-hybridized carbons (Fsp3) is 0.360. The summed E-state index contributed by atoms with van der Waals surface area (Å²) in [7, 11) is 0. The second-order valence-corrected chi connectivity index (χ2v) is 9.34. The summed E-state index contributed by atoms with van der Waals surface area (Å²) in [5, 5.41) is 12.8. The standard InChI is InChI=1S/C25H28N6OS/c1-3-30-21-10-7-6-9-19(21)27-25(30)33-16-23(32)26-20-15-18(13-12-17(20)2)24-29-28-22-11-5-4-8-14-31(22)24/h6-7,9-10,12-13,15H,3-5,8,11,14,16H2,1-2H3,(H,26,32). The number of nitrogens with one attached hydrogen (secondary N) is 1. The largest absolute Gasteiger partial charge is 0.325 e. The Balaban J connectivity index is 1.32. The zero-order chi connectivity index (χ0) is 22.8. The number of rotatable bonds is 6. The number of nitrogens with zero attached hydrogens (tertiary/aromatic N) is 5. The molecule has 0 bridgehead atoms. The molecule has 7 nitrogen and oxygen atoms in total. The van der Waals surface area contributed by atoms with E-state index in [9.17, 15) is 4.79 Å². The summed E-state index contributed by atoms with van der Waals surface area (Å²) in [5.41, 5.74) is 4.87. The minimum Gasteiger partial charge on any atom is -0.325 e. The van der Waals surface area contributed by atoms with Gasteiger partial charge in [0.15, 0.2) is 11.0 Å². The third kappa shape index (κ3) is 4.39. The minimum atomic E-state index is -0.0463. The van der Waals surface area contributed by atoms with E-state index in [1.54, 1.807) is 0 Å². The van der Waals surface area contributed by atoms with Crippen molar-refractivity contribution in [2.75, 3.05) is 11.1 Å². The number of imidazole rings is 1. The quantitative estimate of drug-likeness (QED) is 0.406. The molecule has 4 aromatic rings. The summed E-state index contributed by atoms with van der Waals surface area (Å²) in [6, 6.07) is 14.2. The van der Waals surface area contributed by atoms with E-state index in [4.69, 9.17) is 4.98 Å². The van der Waals surface area contributed by atoms with Gasteiger partial charge in [-0.25, -0.2) is 4.98 Å². The third-order valence-corrected chi connectivity index (χ3v) is 7.12. The molecule has 2 aromatic carbocycles. The van der Waals surface area contributed by atoms with Crippen LogP contribution in [0, 0.1) is 6.92 Å². The molecule has 0 atom stereocenters. The van der Waals surface area contributed by atoms with Crippen LogP contribution in [0.5, 0.6) is 0 Å². The number of hydrogen-bond donors (Lipinski definition) is 1. The van der Waals surface area contributed by atoms with E-state index in [2.05, 4.69) is 43.7 Å². The number of thioether (sulfide) groups is 1. The Morgan fingerprint density at radius 2 is 2.00 bits per heavy atom. The maximum Gasteiger partial charge on any atom is 0.234 e. The van der Waals surface area contributed by atoms with E-state index in [0.29, 0.717) is 5.75 Å². The van der Waals surface area contributed by atoms with Crippen LogP contribution >= 0.6 is 11.8 Å². The van der Waals surface area contributed by atoms with Crippen molar-refractivity contribution in [3.63, 3.8) is 0 Å². The van der Waals surface area contributed by atoms with Crippen molar-refractivity contribution in [3.8, 4) is 11.4 Å². The van der Waals surface area contributed by atoms with Gasteiger partial charge in [0.05, 0.1) is 16.8 Å². The molecule has 0 saturated carbocycles. The van der Waals surface area contributed by atoms with Gasteiger partial charge in [0.2, 0.25) is 5.91 Å². The fourth-order valence-electron chi connectivity index (χ4n) is 4.38. The zero-order valence-electron chi connectivity index (χ0n) is 19.0. The predicted octanol–water partition coefficient (Wildman–Crippen LogP) is 5.08. The first kappa shape index (κ1) is 21.7. The lowest BCUT2D eigenvalue weighted by atomic mass is 10.1. The van der Waals surface area contributed by atoms with E-state index in [0.717, 1.165) is 77.0 Å². The highest BCUT2D eigenvalue weighted by Crippen LogP contribution is 2.28. The molecular formula is C25H28N6OS. The molecule has 1 N–H and O–H groups in total. The molecule has 0 fully saturated rings. The Kier molecular flexibility index (Phi) is 6.17. The number of carbonyl (C=O) groups is 1. The Morgan fingerprint density at radius 3 is 2.88 bits per heavy atom. The fourth-order valence-corrected chi connectivity index (χ4v) is 5.26. The Bertz CT molecular complexity index is 1310.